The van der Waals surface area contributed by atoms with Crippen molar-refractivity contribution in [3.63, 3.8) is 0 Å². The summed E-state index contributed by atoms with van der Waals surface area (Å²) in [6.45, 7) is 0.459. The molecule has 1 saturated carbocycles. The minimum Gasteiger partial charge on any atom is -0.352 e. The number of nitrogens with one attached hydrogen (secondary N) is 3. The van der Waals surface area contributed by atoms with E-state index in [-0.39, 0.29) is 18.0 Å². The van der Waals surface area contributed by atoms with Crippen LogP contribution in [0.1, 0.15) is 42.5 Å². The van der Waals surface area contributed by atoms with Gasteiger partial charge in [0.1, 0.15) is 5.82 Å². The highest BCUT2D eigenvalue weighted by molar-refractivity contribution is 5.94. The van der Waals surface area contributed by atoms with Crippen LogP contribution in [0.2, 0.25) is 0 Å². The zero-order valence-corrected chi connectivity index (χ0v) is 13.8. The molecule has 0 unspecified atom stereocenters. The van der Waals surface area contributed by atoms with Crippen molar-refractivity contribution in [2.45, 2.75) is 43.8 Å². The van der Waals surface area contributed by atoms with E-state index in [1.165, 1.54) is 6.20 Å². The molecule has 1 aliphatic heterocycles. The first-order valence-corrected chi connectivity index (χ1v) is 8.29. The highest BCUT2D eigenvalue weighted by Gasteiger charge is 2.38. The number of rotatable bonds is 8. The van der Waals surface area contributed by atoms with E-state index in [0.717, 1.165) is 12.8 Å². The van der Waals surface area contributed by atoms with E-state index in [0.29, 0.717) is 37.2 Å². The van der Waals surface area contributed by atoms with Crippen LogP contribution in [0.5, 0.6) is 0 Å². The van der Waals surface area contributed by atoms with Crippen LogP contribution in [0.4, 0.5) is 10.6 Å². The average Bonchev–Trinajstić information content (AvgIpc) is 3.51. The fourth-order valence-corrected chi connectivity index (χ4v) is 2.31. The number of urea groups is 1. The number of pyridine rings is 1. The van der Waals surface area contributed by atoms with Gasteiger partial charge in [-0.1, -0.05) is 0 Å². The van der Waals surface area contributed by atoms with E-state index in [2.05, 4.69) is 37.1 Å². The first-order valence-electron chi connectivity index (χ1n) is 8.29. The lowest BCUT2D eigenvalue weighted by Crippen LogP contribution is -2.31. The van der Waals surface area contributed by atoms with Gasteiger partial charge in [-0.2, -0.15) is 10.2 Å². The van der Waals surface area contributed by atoms with Gasteiger partial charge in [0, 0.05) is 38.0 Å². The molecule has 3 amide bonds. The number of nitrogens with zero attached hydrogens (tertiary/aromatic N) is 3. The lowest BCUT2D eigenvalue weighted by molar-refractivity contribution is 0.0951. The smallest absolute Gasteiger partial charge is 0.320 e. The van der Waals surface area contributed by atoms with Gasteiger partial charge in [0.15, 0.2) is 5.66 Å². The first kappa shape index (κ1) is 16.9. The van der Waals surface area contributed by atoms with Gasteiger partial charge in [-0.3, -0.25) is 10.1 Å². The number of terminal acetylenes is 1. The highest BCUT2D eigenvalue weighted by atomic mass is 16.2. The maximum Gasteiger partial charge on any atom is 0.320 e. The maximum atomic E-state index is 12.1. The van der Waals surface area contributed by atoms with E-state index in [1.54, 1.807) is 12.1 Å². The van der Waals surface area contributed by atoms with Gasteiger partial charge in [-0.25, -0.2) is 9.78 Å². The Morgan fingerprint density at radius 1 is 1.28 bits per heavy atom. The predicted octanol–water partition coefficient (Wildman–Crippen LogP) is 2.06. The molecule has 0 spiro atoms. The molecular weight excluding hydrogens is 320 g/mol. The summed E-state index contributed by atoms with van der Waals surface area (Å²) in [5, 5.41) is 16.3. The topological polar surface area (TPSA) is 108 Å². The Kier molecular flexibility index (Phi) is 4.93. The maximum absolute atomic E-state index is 12.1. The van der Waals surface area contributed by atoms with E-state index < -0.39 is 5.66 Å². The second-order valence-corrected chi connectivity index (χ2v) is 6.20. The van der Waals surface area contributed by atoms with Crippen LogP contribution >= 0.6 is 0 Å². The van der Waals surface area contributed by atoms with Crippen molar-refractivity contribution in [3.05, 3.63) is 23.9 Å². The summed E-state index contributed by atoms with van der Waals surface area (Å²) in [6, 6.07) is 3.22. The monoisotopic (exact) mass is 340 g/mol. The molecule has 0 radical (unpaired) electrons. The Morgan fingerprint density at radius 3 is 2.68 bits per heavy atom. The van der Waals surface area contributed by atoms with E-state index in [9.17, 15) is 9.59 Å². The number of hydrogen-bond donors (Lipinski definition) is 3. The van der Waals surface area contributed by atoms with Gasteiger partial charge in [0.25, 0.3) is 5.91 Å². The number of anilines is 1. The molecular formula is C17H20N6O2. The SMILES string of the molecule is C#CCCC1(CCNC(=O)c2ccc(NC(=O)NC3CC3)nc2)N=N1. The zero-order valence-electron chi connectivity index (χ0n) is 13.8. The molecule has 3 rings (SSSR count). The molecule has 1 aliphatic carbocycles. The molecule has 3 N–H and O–H groups in total. The van der Waals surface area contributed by atoms with Crippen molar-refractivity contribution in [1.29, 1.82) is 0 Å². The third kappa shape index (κ3) is 5.01. The molecule has 1 aromatic heterocycles. The Labute approximate surface area is 145 Å². The number of amides is 3. The van der Waals surface area contributed by atoms with E-state index in [4.69, 9.17) is 6.42 Å². The standard InChI is InChI=1S/C17H20N6O2/c1-2-3-8-17(22-23-17)9-10-18-15(24)12-4-7-14(19-11-12)21-16(25)20-13-5-6-13/h1,4,7,11,13H,3,5-6,8-10H2,(H,18,24)(H2,19,20,21,25). The van der Waals surface area contributed by atoms with Crippen molar-refractivity contribution in [1.82, 2.24) is 15.6 Å². The molecule has 0 aromatic carbocycles. The lowest BCUT2D eigenvalue weighted by atomic mass is 10.0. The largest absolute Gasteiger partial charge is 0.352 e. The van der Waals surface area contributed by atoms with Crippen LogP contribution in [-0.4, -0.2) is 35.2 Å². The van der Waals surface area contributed by atoms with E-state index in [1.807, 2.05) is 0 Å². The molecule has 8 heteroatoms. The minimum absolute atomic E-state index is 0.228. The Bertz CT molecular complexity index is 712. The molecule has 25 heavy (non-hydrogen) atoms. The summed E-state index contributed by atoms with van der Waals surface area (Å²) in [5.41, 5.74) is 0.0242. The van der Waals surface area contributed by atoms with Gasteiger partial charge in [-0.05, 0) is 25.0 Å². The second-order valence-electron chi connectivity index (χ2n) is 6.20. The zero-order chi connectivity index (χ0) is 17.7. The Morgan fingerprint density at radius 2 is 2.08 bits per heavy atom. The van der Waals surface area contributed by atoms with Crippen molar-refractivity contribution in [2.24, 2.45) is 10.2 Å². The van der Waals surface area contributed by atoms with Gasteiger partial charge >= 0.3 is 6.03 Å². The quantitative estimate of drug-likeness (QED) is 0.630. The van der Waals surface area contributed by atoms with Crippen molar-refractivity contribution in [3.8, 4) is 12.3 Å². The van der Waals surface area contributed by atoms with Crippen LogP contribution in [0, 0.1) is 12.3 Å². The number of aromatic nitrogens is 1. The van der Waals surface area contributed by atoms with Crippen LogP contribution in [0.25, 0.3) is 0 Å². The molecule has 1 fully saturated rings. The molecule has 2 heterocycles. The summed E-state index contributed by atoms with van der Waals surface area (Å²) < 4.78 is 0. The van der Waals surface area contributed by atoms with Gasteiger partial charge in [0.05, 0.1) is 5.56 Å². The van der Waals surface area contributed by atoms with E-state index >= 15 is 0 Å². The van der Waals surface area contributed by atoms with Gasteiger partial charge in [-0.15, -0.1) is 12.3 Å². The summed E-state index contributed by atoms with van der Waals surface area (Å²) >= 11 is 0. The van der Waals surface area contributed by atoms with Crippen molar-refractivity contribution >= 4 is 17.8 Å². The summed E-state index contributed by atoms with van der Waals surface area (Å²) in [6.07, 6.45) is 10.7. The summed E-state index contributed by atoms with van der Waals surface area (Å²) in [5.74, 6) is 2.75. The Balaban J connectivity index is 1.41. The highest BCUT2D eigenvalue weighted by Crippen LogP contribution is 2.36. The van der Waals surface area contributed by atoms with Crippen molar-refractivity contribution < 1.29 is 9.59 Å². The number of hydrogen-bond acceptors (Lipinski definition) is 5. The summed E-state index contributed by atoms with van der Waals surface area (Å²) in [4.78, 5) is 27.8. The van der Waals surface area contributed by atoms with Crippen LogP contribution in [0.3, 0.4) is 0 Å². The number of carbonyl (C=O) groups excluding carboxylic acids is 2. The van der Waals surface area contributed by atoms with Gasteiger partial charge in [0.2, 0.25) is 0 Å². The molecule has 130 valence electrons. The minimum atomic E-state index is -0.402. The van der Waals surface area contributed by atoms with Crippen LogP contribution < -0.4 is 16.0 Å². The van der Waals surface area contributed by atoms with Gasteiger partial charge < -0.3 is 10.6 Å². The first-order chi connectivity index (χ1) is 12.1. The molecule has 1 aromatic rings. The molecule has 0 bridgehead atoms. The van der Waals surface area contributed by atoms with Crippen LogP contribution in [-0.2, 0) is 0 Å². The lowest BCUT2D eigenvalue weighted by Gasteiger charge is -2.10. The fraction of sp³-hybridized carbons (Fsp3) is 0.471. The fourth-order valence-electron chi connectivity index (χ4n) is 2.31. The molecule has 2 aliphatic rings. The second kappa shape index (κ2) is 7.30. The normalized spacial score (nSPS) is 16.6. The average molecular weight is 340 g/mol. The molecule has 0 saturated heterocycles. The molecule has 0 atom stereocenters. The number of carbonyl (C=O) groups is 2. The Hall–Kier alpha value is -2.95. The predicted molar refractivity (Wildman–Crippen MR) is 92.0 cm³/mol. The van der Waals surface area contributed by atoms with Crippen molar-refractivity contribution in [2.75, 3.05) is 11.9 Å². The summed E-state index contributed by atoms with van der Waals surface area (Å²) in [7, 11) is 0. The third-order valence-electron chi connectivity index (χ3n) is 4.04. The molecule has 8 nitrogen and oxygen atoms in total. The van der Waals surface area contributed by atoms with Crippen LogP contribution in [0.15, 0.2) is 28.6 Å². The third-order valence-corrected chi connectivity index (χ3v) is 4.04.